The molecule has 30 heteroatoms. The van der Waals surface area contributed by atoms with Crippen LogP contribution < -0.4 is 15.1 Å². The van der Waals surface area contributed by atoms with E-state index in [0.717, 1.165) is 160 Å². The Morgan fingerprint density at radius 2 is 0.870 bits per heavy atom. The molecule has 0 amide bonds. The first kappa shape index (κ1) is 79.5. The summed E-state index contributed by atoms with van der Waals surface area (Å²) in [5, 5.41) is 112. The fraction of sp³-hybridized carbons (Fsp3) is 0.484. The van der Waals surface area contributed by atoms with Crippen LogP contribution in [0.1, 0.15) is 181 Å². The summed E-state index contributed by atoms with van der Waals surface area (Å²) in [5.41, 5.74) is 9.18. The zero-order chi connectivity index (χ0) is 86.4. The van der Waals surface area contributed by atoms with Crippen LogP contribution in [0.4, 0.5) is 16.0 Å². The summed E-state index contributed by atoms with van der Waals surface area (Å²) in [7, 11) is -1.00. The Labute approximate surface area is 727 Å². The molecule has 628 valence electrons. The number of H-pyrrole nitrogens is 1. The minimum absolute atomic E-state index is 0.0558. The number of rotatable bonds is 12. The molecule has 17 fully saturated rings. The number of fused-ring (bicyclic) bond motifs is 7. The lowest BCUT2D eigenvalue weighted by Gasteiger charge is -2.46. The van der Waals surface area contributed by atoms with Gasteiger partial charge in [-0.3, -0.25) is 9.49 Å². The number of hydrogen-bond acceptors (Lipinski definition) is 20. The third-order valence-corrected chi connectivity index (χ3v) is 32.3. The van der Waals surface area contributed by atoms with Crippen molar-refractivity contribution in [2.24, 2.45) is 37.9 Å². The van der Waals surface area contributed by atoms with Crippen LogP contribution in [0.25, 0.3) is 70.4 Å². The number of halogens is 4. The van der Waals surface area contributed by atoms with E-state index < -0.39 is 24.0 Å². The van der Waals surface area contributed by atoms with Crippen molar-refractivity contribution in [2.45, 2.75) is 214 Å². The normalized spacial score (nSPS) is 29.1. The Kier molecular flexibility index (Phi) is 18.0. The highest BCUT2D eigenvalue weighted by atomic mass is 35.5. The summed E-state index contributed by atoms with van der Waals surface area (Å²) in [6.45, 7) is 29.9. The lowest BCUT2D eigenvalue weighted by molar-refractivity contribution is -0.0756. The van der Waals surface area contributed by atoms with Gasteiger partial charge in [-0.2, -0.15) is 51.3 Å². The van der Waals surface area contributed by atoms with E-state index in [-0.39, 0.29) is 54.4 Å². The van der Waals surface area contributed by atoms with E-state index in [4.69, 9.17) is 49.3 Å². The molecule has 4 atom stereocenters. The molecule has 5 N–H and O–H groups in total. The van der Waals surface area contributed by atoms with Crippen molar-refractivity contribution in [1.29, 1.82) is 10.5 Å². The van der Waals surface area contributed by atoms with Crippen molar-refractivity contribution >= 4 is 90.1 Å². The molecule has 0 radical (unpaired) electrons. The summed E-state index contributed by atoms with van der Waals surface area (Å²) in [6.07, 6.45) is 33.8. The summed E-state index contributed by atoms with van der Waals surface area (Å²) >= 11 is 16.8. The number of aromatic amines is 1. The number of nitriles is 2. The van der Waals surface area contributed by atoms with Gasteiger partial charge in [-0.15, -0.1) is 20.4 Å². The van der Waals surface area contributed by atoms with Gasteiger partial charge in [-0.25, -0.2) is 27.2 Å². The van der Waals surface area contributed by atoms with Crippen LogP contribution in [-0.4, -0.2) is 157 Å². The molecule has 12 aromatic rings. The molecule has 29 rings (SSSR count). The minimum atomic E-state index is -1.00. The molecule has 6 bridgehead atoms. The molecule has 17 aliphatic rings. The number of benzene rings is 4. The summed E-state index contributed by atoms with van der Waals surface area (Å²) in [5.74, 6) is 1.68. The van der Waals surface area contributed by atoms with Crippen molar-refractivity contribution in [1.82, 2.24) is 85.6 Å². The number of alkyl halides is 1. The van der Waals surface area contributed by atoms with Crippen LogP contribution in [0.2, 0.25) is 15.3 Å². The van der Waals surface area contributed by atoms with E-state index in [2.05, 4.69) is 182 Å². The first-order valence-electron chi connectivity index (χ1n) is 43.1. The third kappa shape index (κ3) is 12.7. The smallest absolute Gasteiger partial charge is 0.264 e. The maximum atomic E-state index is 10.7. The number of anilines is 2. The maximum absolute atomic E-state index is 10.7. The topological polar surface area (TPSA) is 321 Å². The Balaban J connectivity index is 0.0000000988. The van der Waals surface area contributed by atoms with Crippen molar-refractivity contribution in [3.8, 4) is 29.2 Å². The highest BCUT2D eigenvalue weighted by Crippen LogP contribution is 2.82. The van der Waals surface area contributed by atoms with Gasteiger partial charge in [0.15, 0.2) is 21.9 Å². The second kappa shape index (κ2) is 27.9. The van der Waals surface area contributed by atoms with E-state index in [1.807, 2.05) is 81.8 Å². The van der Waals surface area contributed by atoms with E-state index >= 15 is 0 Å². The zero-order valence-corrected chi connectivity index (χ0v) is 71.7. The van der Waals surface area contributed by atoms with Crippen molar-refractivity contribution in [3.05, 3.63) is 207 Å². The molecule has 6 saturated heterocycles. The lowest BCUT2D eigenvalue weighted by Crippen LogP contribution is -2.50. The van der Waals surface area contributed by atoms with Crippen LogP contribution >= 0.6 is 34.8 Å². The van der Waals surface area contributed by atoms with E-state index in [1.54, 1.807) is 29.3 Å². The summed E-state index contributed by atoms with van der Waals surface area (Å²) in [4.78, 5) is 12.8. The largest absolute Gasteiger partial charge is 0.390 e. The molecule has 11 saturated carbocycles. The second-order valence-electron chi connectivity index (χ2n) is 39.3. The molecular weight excluding hydrogens is 1610 g/mol. The van der Waals surface area contributed by atoms with Crippen LogP contribution in [0.3, 0.4) is 0 Å². The van der Waals surface area contributed by atoms with Crippen LogP contribution in [0.5, 0.6) is 0 Å². The molecule has 4 aromatic carbocycles. The monoisotopic (exact) mass is 1710 g/mol. The van der Waals surface area contributed by atoms with Crippen molar-refractivity contribution in [2.75, 3.05) is 36.6 Å². The van der Waals surface area contributed by atoms with Gasteiger partial charge < -0.3 is 40.1 Å². The van der Waals surface area contributed by atoms with Gasteiger partial charge in [0.1, 0.15) is 0 Å². The second-order valence-corrected chi connectivity index (χ2v) is 40.5. The SMILES string of the molecule is CC(C)(O)C12CNC(C1)C2.Clc1cnnc(Cl)c1.N#CC1(c2ccc3cn[nH]c3c2)CC12CC2.N#CC1(c2ccc3cnn(-c4cnnc(Cl)c4)c3c2)CC12CC2.[2H]CF.[C-]#[N+]C1(c2ccc3cnn(-c4cnnc(N5CC6(C(C)(C)O)CC5C6)c4)c3c2)CC12CC2.[C-]#[N+]C1(c2ccc3cnn(-c4cnnc(N5CC6(C(C)(C)O)CC5C6)c4)c3c2)CC12CC2. The maximum Gasteiger partial charge on any atom is 0.264 e. The zero-order valence-electron chi connectivity index (χ0n) is 70.4. The van der Waals surface area contributed by atoms with Gasteiger partial charge in [0.2, 0.25) is 0 Å². The number of nitrogens with one attached hydrogen (secondary N) is 2. The van der Waals surface area contributed by atoms with Gasteiger partial charge in [0.05, 0.1) is 153 Å². The predicted octanol–water partition coefficient (Wildman–Crippen LogP) is 16.5. The van der Waals surface area contributed by atoms with Crippen molar-refractivity contribution in [3.63, 3.8) is 0 Å². The van der Waals surface area contributed by atoms with Gasteiger partial charge >= 0.3 is 0 Å². The standard InChI is InChI=1S/2C25H26N6O.C17H12ClN5.C13H11N3.C8H15NO.C4H2Cl2N2.CH3F/c2*1-22(2,32)24-10-19(11-24)30(15-24)21-9-18(13-27-29-21)31-20-8-17(5-4-16(20)12-28-31)25(26-3)14-23(25)6-7-23;18-15-6-13(8-20-22-15)23-14-5-12(2-1-11(14)7-21-23)17(10-19)9-16(17)3-4-16;14-8-13(7-12(13)3-4-12)10-2-1-9-6-15-16-11(9)5-10;1-7(2,10)8-3-6(4-8)9-5-8;5-3-1-4(6)8-7-2-3;1-2/h2*4-5,8-9,12-13,19,32H,6-7,10-11,14-15H2,1-2H3;1-2,5-8H,3-4,9H2;1-2,5-6H,3-4,7H2,(H,15,16);6,9-10H,3-5H2,1-2H3;1-2H;1H3/i;;;;;;1D. The minimum Gasteiger partial charge on any atom is -0.390 e. The summed E-state index contributed by atoms with van der Waals surface area (Å²) in [6, 6.07) is 39.2. The average molecular weight is 1710 g/mol. The molecule has 4 unspecified atom stereocenters. The van der Waals surface area contributed by atoms with Gasteiger partial charge in [-0.05, 0) is 197 Å². The van der Waals surface area contributed by atoms with Gasteiger partial charge in [-0.1, -0.05) is 83.3 Å². The number of aliphatic hydroxyl groups is 3. The van der Waals surface area contributed by atoms with E-state index in [9.17, 15) is 30.2 Å². The molecule has 11 aliphatic carbocycles. The fourth-order valence-electron chi connectivity index (χ4n) is 22.4. The van der Waals surface area contributed by atoms with Crippen molar-refractivity contribution < 1.29 is 21.1 Å². The molecule has 8 aromatic heterocycles. The van der Waals surface area contributed by atoms with Gasteiger partial charge in [0.25, 0.3) is 11.1 Å². The molecule has 6 aliphatic heterocycles. The third-order valence-electron chi connectivity index (χ3n) is 31.7. The predicted molar refractivity (Wildman–Crippen MR) is 464 cm³/mol. The Morgan fingerprint density at radius 3 is 1.21 bits per heavy atom. The van der Waals surface area contributed by atoms with Crippen LogP contribution in [-0.2, 0) is 21.9 Å². The Bertz CT molecular complexity index is 6240. The fourth-order valence-corrected chi connectivity index (χ4v) is 22.9. The number of nitrogens with zero attached hydrogens (tertiary/aromatic N) is 21. The van der Waals surface area contributed by atoms with E-state index in [1.165, 1.54) is 82.0 Å². The van der Waals surface area contributed by atoms with Crippen LogP contribution in [0, 0.1) is 73.7 Å². The Hall–Kier alpha value is -10.7. The molecular formula is C93H95Cl3FN23O3. The highest BCUT2D eigenvalue weighted by molar-refractivity contribution is 6.33. The molecule has 14 heterocycles. The quantitative estimate of drug-likeness (QED) is 0.0710. The number of hydrogen-bond donors (Lipinski definition) is 5. The molecule has 26 nitrogen and oxygen atoms in total. The highest BCUT2D eigenvalue weighted by Gasteiger charge is 2.83. The first-order valence-corrected chi connectivity index (χ1v) is 43.5. The Morgan fingerprint density at radius 1 is 0.480 bits per heavy atom. The molecule has 123 heavy (non-hydrogen) atoms. The average Bonchev–Trinajstić information content (AvgIpc) is 1.50. The lowest BCUT2D eigenvalue weighted by atomic mass is 9.61. The first-order chi connectivity index (χ1) is 59.3. The van der Waals surface area contributed by atoms with Gasteiger partial charge in [0, 0.05) is 118 Å². The number of aromatic nitrogens is 16. The molecule has 4 spiro atoms. The van der Waals surface area contributed by atoms with Crippen LogP contribution in [0.15, 0.2) is 147 Å². The van der Waals surface area contributed by atoms with E-state index in [0.29, 0.717) is 38.9 Å². The summed E-state index contributed by atoms with van der Waals surface area (Å²) < 4.78 is 21.1.